The lowest BCUT2D eigenvalue weighted by atomic mass is 9.63. The average Bonchev–Trinajstić information content (AvgIpc) is 2.45. The van der Waals surface area contributed by atoms with Crippen molar-refractivity contribution in [1.29, 1.82) is 0 Å². The van der Waals surface area contributed by atoms with Crippen LogP contribution in [0.1, 0.15) is 66.0 Å². The monoisotopic (exact) mass is 310 g/mol. The third-order valence-electron chi connectivity index (χ3n) is 5.54. The third kappa shape index (κ3) is 3.63. The van der Waals surface area contributed by atoms with E-state index in [1.807, 2.05) is 0 Å². The van der Waals surface area contributed by atoms with Gasteiger partial charge in [0.05, 0.1) is 0 Å². The highest BCUT2D eigenvalue weighted by molar-refractivity contribution is 6.47. The molecule has 0 saturated carbocycles. The van der Waals surface area contributed by atoms with Crippen LogP contribution in [0.2, 0.25) is 0 Å². The molecular formula is C21H31BO. The Labute approximate surface area is 142 Å². The molecule has 0 aromatic heterocycles. The van der Waals surface area contributed by atoms with Crippen molar-refractivity contribution in [2.45, 2.75) is 60.3 Å². The van der Waals surface area contributed by atoms with Crippen molar-refractivity contribution in [1.82, 2.24) is 0 Å². The molecule has 23 heavy (non-hydrogen) atoms. The van der Waals surface area contributed by atoms with Gasteiger partial charge in [0.2, 0.25) is 0 Å². The first-order chi connectivity index (χ1) is 10.5. The van der Waals surface area contributed by atoms with Crippen molar-refractivity contribution in [3.63, 3.8) is 0 Å². The van der Waals surface area contributed by atoms with Crippen molar-refractivity contribution < 1.29 is 5.02 Å². The van der Waals surface area contributed by atoms with Gasteiger partial charge < -0.3 is 5.02 Å². The first-order valence-electron chi connectivity index (χ1n) is 8.62. The Bertz CT molecular complexity index is 641. The lowest BCUT2D eigenvalue weighted by Crippen LogP contribution is -2.31. The van der Waals surface area contributed by atoms with Gasteiger partial charge in [0.15, 0.2) is 0 Å². The minimum Gasteiger partial charge on any atom is -0.449 e. The van der Waals surface area contributed by atoms with E-state index in [0.29, 0.717) is 0 Å². The first-order valence-corrected chi connectivity index (χ1v) is 8.62. The highest BCUT2D eigenvalue weighted by Gasteiger charge is 2.35. The predicted molar refractivity (Wildman–Crippen MR) is 103 cm³/mol. The zero-order valence-corrected chi connectivity index (χ0v) is 15.8. The van der Waals surface area contributed by atoms with Crippen molar-refractivity contribution in [3.8, 4) is 0 Å². The fraction of sp³-hybridized carbons (Fsp3) is 0.524. The Morgan fingerprint density at radius 1 is 1.09 bits per heavy atom. The van der Waals surface area contributed by atoms with Gasteiger partial charge >= 0.3 is 7.48 Å². The van der Waals surface area contributed by atoms with Gasteiger partial charge in [-0.3, -0.25) is 0 Å². The van der Waals surface area contributed by atoms with Gasteiger partial charge in [-0.1, -0.05) is 84.9 Å². The Kier molecular flexibility index (Phi) is 4.70. The van der Waals surface area contributed by atoms with Gasteiger partial charge in [-0.05, 0) is 44.8 Å². The van der Waals surface area contributed by atoms with Crippen molar-refractivity contribution in [2.24, 2.45) is 10.8 Å². The molecule has 2 heteroatoms. The lowest BCUT2D eigenvalue weighted by molar-refractivity contribution is 0.171. The molecule has 0 radical (unpaired) electrons. The molecule has 124 valence electrons. The van der Waals surface area contributed by atoms with Crippen LogP contribution in [0, 0.1) is 10.8 Å². The first kappa shape index (κ1) is 18.1. The summed E-state index contributed by atoms with van der Waals surface area (Å²) in [6, 6.07) is 6.52. The van der Waals surface area contributed by atoms with Crippen LogP contribution >= 0.6 is 0 Å². The second kappa shape index (κ2) is 5.98. The molecule has 0 heterocycles. The summed E-state index contributed by atoms with van der Waals surface area (Å²) in [6.07, 6.45) is 7.95. The van der Waals surface area contributed by atoms with Crippen LogP contribution in [0.25, 0.3) is 5.57 Å². The van der Waals surface area contributed by atoms with Crippen LogP contribution in [-0.4, -0.2) is 12.5 Å². The largest absolute Gasteiger partial charge is 0.449 e. The van der Waals surface area contributed by atoms with E-state index in [1.54, 1.807) is 0 Å². The van der Waals surface area contributed by atoms with E-state index in [-0.39, 0.29) is 23.7 Å². The molecule has 1 N–H and O–H groups in total. The number of benzene rings is 1. The third-order valence-corrected chi connectivity index (χ3v) is 5.54. The fourth-order valence-corrected chi connectivity index (χ4v) is 2.96. The van der Waals surface area contributed by atoms with Gasteiger partial charge in [0.1, 0.15) is 0 Å². The van der Waals surface area contributed by atoms with Crippen molar-refractivity contribution in [3.05, 3.63) is 47.6 Å². The van der Waals surface area contributed by atoms with Crippen LogP contribution in [0.3, 0.4) is 0 Å². The van der Waals surface area contributed by atoms with Crippen LogP contribution in [0.5, 0.6) is 0 Å². The van der Waals surface area contributed by atoms with E-state index in [4.69, 9.17) is 0 Å². The molecule has 1 aliphatic carbocycles. The maximum Gasteiger partial charge on any atom is 0.305 e. The zero-order valence-electron chi connectivity index (χ0n) is 15.8. The average molecular weight is 310 g/mol. The normalized spacial score (nSPS) is 22.0. The topological polar surface area (TPSA) is 20.2 Å². The summed E-state index contributed by atoms with van der Waals surface area (Å²) in [4.78, 5) is 0. The van der Waals surface area contributed by atoms with Gasteiger partial charge in [-0.2, -0.15) is 0 Å². The minimum absolute atomic E-state index is 0.0843. The standard InChI is InChI=1S/C21H31BO/c1-19(2,3)16-8-9-17(18(14-16)22-23)15-10-12-21(7,13-11-15)20(4,5)6/h8-12,14,22-23H,13H2,1-7H3. The van der Waals surface area contributed by atoms with E-state index in [0.717, 1.165) is 17.4 Å². The number of rotatable bonds is 2. The van der Waals surface area contributed by atoms with Crippen LogP contribution in [0.4, 0.5) is 0 Å². The molecule has 1 aromatic carbocycles. The van der Waals surface area contributed by atoms with Gasteiger partial charge in [-0.15, -0.1) is 0 Å². The summed E-state index contributed by atoms with van der Waals surface area (Å²) in [5.74, 6) is 0. The highest BCUT2D eigenvalue weighted by Crippen LogP contribution is 2.46. The van der Waals surface area contributed by atoms with Crippen LogP contribution in [-0.2, 0) is 5.41 Å². The van der Waals surface area contributed by atoms with Crippen molar-refractivity contribution >= 4 is 18.5 Å². The Hall–Kier alpha value is -1.28. The molecule has 0 fully saturated rings. The maximum atomic E-state index is 9.82. The molecule has 0 spiro atoms. The molecule has 0 amide bonds. The molecule has 1 nitrogen and oxygen atoms in total. The van der Waals surface area contributed by atoms with E-state index < -0.39 is 0 Å². The summed E-state index contributed by atoms with van der Waals surface area (Å²) in [5.41, 5.74) is 5.20. The van der Waals surface area contributed by atoms with Crippen molar-refractivity contribution in [2.75, 3.05) is 0 Å². The van der Waals surface area contributed by atoms with Crippen LogP contribution < -0.4 is 5.46 Å². The Morgan fingerprint density at radius 2 is 1.74 bits per heavy atom. The summed E-state index contributed by atoms with van der Waals surface area (Å²) in [6.45, 7) is 15.8. The number of hydrogen-bond acceptors (Lipinski definition) is 1. The Morgan fingerprint density at radius 3 is 2.17 bits per heavy atom. The van der Waals surface area contributed by atoms with Gasteiger partial charge in [0.25, 0.3) is 0 Å². The summed E-state index contributed by atoms with van der Waals surface area (Å²) in [7, 11) is 0.0843. The zero-order chi connectivity index (χ0) is 17.5. The fourth-order valence-electron chi connectivity index (χ4n) is 2.96. The molecule has 1 aliphatic rings. The number of hydrogen-bond donors (Lipinski definition) is 1. The molecule has 1 unspecified atom stereocenters. The summed E-state index contributed by atoms with van der Waals surface area (Å²) in [5, 5.41) is 9.82. The molecule has 1 aromatic rings. The second-order valence-corrected chi connectivity index (χ2v) is 9.14. The van der Waals surface area contributed by atoms with E-state index >= 15 is 0 Å². The van der Waals surface area contributed by atoms with Gasteiger partial charge in [0, 0.05) is 0 Å². The second-order valence-electron chi connectivity index (χ2n) is 9.14. The number of allylic oxidation sites excluding steroid dienone is 4. The van der Waals surface area contributed by atoms with E-state index in [1.165, 1.54) is 11.1 Å². The molecule has 0 saturated heterocycles. The summed E-state index contributed by atoms with van der Waals surface area (Å²) < 4.78 is 0. The molecule has 0 bridgehead atoms. The maximum absolute atomic E-state index is 9.82. The molecule has 0 aliphatic heterocycles. The lowest BCUT2D eigenvalue weighted by Gasteiger charge is -2.41. The minimum atomic E-state index is 0.0843. The van der Waals surface area contributed by atoms with Crippen LogP contribution in [0.15, 0.2) is 36.4 Å². The van der Waals surface area contributed by atoms with E-state index in [9.17, 15) is 5.02 Å². The Balaban J connectivity index is 2.36. The predicted octanol–water partition coefficient (Wildman–Crippen LogP) is 4.35. The highest BCUT2D eigenvalue weighted by atomic mass is 16.2. The molecule has 1 atom stereocenters. The van der Waals surface area contributed by atoms with Gasteiger partial charge in [-0.25, -0.2) is 0 Å². The SMILES string of the molecule is CC(C)(C)c1ccc(C2=CCC(C)(C(C)(C)C)C=C2)c(BO)c1. The summed E-state index contributed by atoms with van der Waals surface area (Å²) >= 11 is 0. The molecule has 2 rings (SSSR count). The van der Waals surface area contributed by atoms with E-state index in [2.05, 4.69) is 84.9 Å². The smallest absolute Gasteiger partial charge is 0.305 e. The molecular weight excluding hydrogens is 279 g/mol. The quantitative estimate of drug-likeness (QED) is 0.805.